The summed E-state index contributed by atoms with van der Waals surface area (Å²) in [5.41, 5.74) is 0.996. The molecule has 2 aromatic rings. The first-order valence-electron chi connectivity index (χ1n) is 5.83. The maximum atomic E-state index is 14.5. The highest BCUT2D eigenvalue weighted by atomic mass is 35.5. The van der Waals surface area contributed by atoms with E-state index in [9.17, 15) is 4.39 Å². The molecule has 3 rings (SSSR count). The van der Waals surface area contributed by atoms with E-state index in [4.69, 9.17) is 11.6 Å². The van der Waals surface area contributed by atoms with E-state index in [-0.39, 0.29) is 5.82 Å². The van der Waals surface area contributed by atoms with Crippen molar-refractivity contribution in [1.82, 2.24) is 4.98 Å². The Balaban J connectivity index is 2.11. The SMILES string of the molecule is Fc1c(N2CCSCC2)ccc2c(Cl)ccnc12. The van der Waals surface area contributed by atoms with Crippen LogP contribution >= 0.6 is 23.4 Å². The number of pyridine rings is 1. The number of thioether (sulfide) groups is 1. The van der Waals surface area contributed by atoms with Crippen LogP contribution in [0.2, 0.25) is 5.02 Å². The molecular formula is C13H12ClFN2S. The van der Waals surface area contributed by atoms with Crippen molar-refractivity contribution in [3.8, 4) is 0 Å². The van der Waals surface area contributed by atoms with Crippen molar-refractivity contribution < 1.29 is 4.39 Å². The quantitative estimate of drug-likeness (QED) is 0.795. The molecule has 0 unspecified atom stereocenters. The number of nitrogens with zero attached hydrogens (tertiary/aromatic N) is 2. The third-order valence-corrected chi connectivity index (χ3v) is 4.40. The van der Waals surface area contributed by atoms with Crippen molar-refractivity contribution in [3.63, 3.8) is 0 Å². The zero-order valence-corrected chi connectivity index (χ0v) is 11.3. The first kappa shape index (κ1) is 12.1. The lowest BCUT2D eigenvalue weighted by Crippen LogP contribution is -2.33. The number of fused-ring (bicyclic) bond motifs is 1. The molecule has 1 aliphatic heterocycles. The minimum atomic E-state index is -0.262. The van der Waals surface area contributed by atoms with Gasteiger partial charge in [-0.2, -0.15) is 11.8 Å². The standard InChI is InChI=1S/C13H12ClFN2S/c14-10-3-4-16-13-9(10)1-2-11(12(13)15)17-5-7-18-8-6-17/h1-4H,5-8H2. The molecular weight excluding hydrogens is 271 g/mol. The highest BCUT2D eigenvalue weighted by molar-refractivity contribution is 7.99. The molecule has 94 valence electrons. The van der Waals surface area contributed by atoms with E-state index in [1.165, 1.54) is 0 Å². The van der Waals surface area contributed by atoms with Gasteiger partial charge in [0.1, 0.15) is 5.52 Å². The molecule has 0 bridgehead atoms. The lowest BCUT2D eigenvalue weighted by molar-refractivity contribution is 0.628. The Morgan fingerprint density at radius 2 is 2.00 bits per heavy atom. The summed E-state index contributed by atoms with van der Waals surface area (Å²) >= 11 is 7.95. The summed E-state index contributed by atoms with van der Waals surface area (Å²) in [5.74, 6) is 1.82. The molecule has 1 aromatic carbocycles. The first-order chi connectivity index (χ1) is 8.77. The fraction of sp³-hybridized carbons (Fsp3) is 0.308. The highest BCUT2D eigenvalue weighted by Crippen LogP contribution is 2.30. The second-order valence-electron chi connectivity index (χ2n) is 4.19. The van der Waals surface area contributed by atoms with Crippen molar-refractivity contribution >= 4 is 40.0 Å². The second kappa shape index (κ2) is 4.94. The largest absolute Gasteiger partial charge is 0.367 e. The number of hydrogen-bond acceptors (Lipinski definition) is 3. The average Bonchev–Trinajstić information content (AvgIpc) is 2.41. The molecule has 0 N–H and O–H groups in total. The molecule has 5 heteroatoms. The lowest BCUT2D eigenvalue weighted by Gasteiger charge is -2.29. The molecule has 2 nitrogen and oxygen atoms in total. The molecule has 1 fully saturated rings. The predicted molar refractivity (Wildman–Crippen MR) is 76.2 cm³/mol. The van der Waals surface area contributed by atoms with Gasteiger partial charge in [-0.25, -0.2) is 4.39 Å². The van der Waals surface area contributed by atoms with Gasteiger partial charge >= 0.3 is 0 Å². The van der Waals surface area contributed by atoms with Crippen molar-refractivity contribution in [2.75, 3.05) is 29.5 Å². The Morgan fingerprint density at radius 3 is 2.78 bits per heavy atom. The molecule has 0 aliphatic carbocycles. The van der Waals surface area contributed by atoms with Crippen molar-refractivity contribution in [2.45, 2.75) is 0 Å². The van der Waals surface area contributed by atoms with E-state index in [1.807, 2.05) is 17.8 Å². The predicted octanol–water partition coefficient (Wildman–Crippen LogP) is 3.58. The molecule has 0 saturated carbocycles. The monoisotopic (exact) mass is 282 g/mol. The van der Waals surface area contributed by atoms with Crippen molar-refractivity contribution in [1.29, 1.82) is 0 Å². The Bertz CT molecular complexity index is 584. The lowest BCUT2D eigenvalue weighted by atomic mass is 10.1. The van der Waals surface area contributed by atoms with E-state index in [1.54, 1.807) is 18.3 Å². The Hall–Kier alpha value is -1.00. The van der Waals surface area contributed by atoms with Gasteiger partial charge in [0.05, 0.1) is 10.7 Å². The number of rotatable bonds is 1. The number of anilines is 1. The highest BCUT2D eigenvalue weighted by Gasteiger charge is 2.17. The van der Waals surface area contributed by atoms with Crippen molar-refractivity contribution in [3.05, 3.63) is 35.2 Å². The summed E-state index contributed by atoms with van der Waals surface area (Å²) < 4.78 is 14.5. The molecule has 1 aliphatic rings. The van der Waals surface area contributed by atoms with E-state index in [0.29, 0.717) is 21.6 Å². The molecule has 0 radical (unpaired) electrons. The van der Waals surface area contributed by atoms with Crippen LogP contribution in [0.15, 0.2) is 24.4 Å². The zero-order chi connectivity index (χ0) is 12.5. The molecule has 0 spiro atoms. The maximum Gasteiger partial charge on any atom is 0.172 e. The third-order valence-electron chi connectivity index (χ3n) is 3.13. The van der Waals surface area contributed by atoms with E-state index in [2.05, 4.69) is 9.88 Å². The number of benzene rings is 1. The summed E-state index contributed by atoms with van der Waals surface area (Å²) in [7, 11) is 0. The van der Waals surface area contributed by atoms with Gasteiger partial charge in [-0.05, 0) is 18.2 Å². The normalized spacial score (nSPS) is 16.2. The molecule has 0 amide bonds. The fourth-order valence-corrected chi connectivity index (χ4v) is 3.30. The third kappa shape index (κ3) is 2.04. The van der Waals surface area contributed by atoms with Gasteiger partial charge in [0.2, 0.25) is 0 Å². The summed E-state index contributed by atoms with van der Waals surface area (Å²) in [6.07, 6.45) is 1.55. The molecule has 1 saturated heterocycles. The molecule has 18 heavy (non-hydrogen) atoms. The summed E-state index contributed by atoms with van der Waals surface area (Å²) in [6.45, 7) is 1.77. The van der Waals surface area contributed by atoms with Gasteiger partial charge in [-0.3, -0.25) is 4.98 Å². The summed E-state index contributed by atoms with van der Waals surface area (Å²) in [5, 5.41) is 1.21. The van der Waals surface area contributed by atoms with Gasteiger partial charge in [0.25, 0.3) is 0 Å². The Labute approximate surface area is 114 Å². The smallest absolute Gasteiger partial charge is 0.172 e. The van der Waals surface area contributed by atoms with Crippen LogP contribution in [0.4, 0.5) is 10.1 Å². The van der Waals surface area contributed by atoms with E-state index >= 15 is 0 Å². The second-order valence-corrected chi connectivity index (χ2v) is 5.82. The van der Waals surface area contributed by atoms with Crippen LogP contribution in [0.25, 0.3) is 10.9 Å². The first-order valence-corrected chi connectivity index (χ1v) is 7.36. The minimum Gasteiger partial charge on any atom is -0.367 e. The molecule has 1 aromatic heterocycles. The van der Waals surface area contributed by atoms with Gasteiger partial charge in [-0.15, -0.1) is 0 Å². The Morgan fingerprint density at radius 1 is 1.22 bits per heavy atom. The Kier molecular flexibility index (Phi) is 3.31. The maximum absolute atomic E-state index is 14.5. The van der Waals surface area contributed by atoms with Gasteiger partial charge in [-0.1, -0.05) is 11.6 Å². The fourth-order valence-electron chi connectivity index (χ4n) is 2.19. The van der Waals surface area contributed by atoms with E-state index < -0.39 is 0 Å². The van der Waals surface area contributed by atoms with Gasteiger partial charge in [0, 0.05) is 36.2 Å². The summed E-state index contributed by atoms with van der Waals surface area (Å²) in [6, 6.07) is 5.34. The van der Waals surface area contributed by atoms with Crippen LogP contribution in [0.3, 0.4) is 0 Å². The van der Waals surface area contributed by atoms with E-state index in [0.717, 1.165) is 24.6 Å². The minimum absolute atomic E-state index is 0.262. The van der Waals surface area contributed by atoms with Crippen LogP contribution < -0.4 is 4.90 Å². The van der Waals surface area contributed by atoms with Crippen LogP contribution in [0, 0.1) is 5.82 Å². The zero-order valence-electron chi connectivity index (χ0n) is 9.70. The average molecular weight is 283 g/mol. The van der Waals surface area contributed by atoms with Crippen LogP contribution in [-0.4, -0.2) is 29.6 Å². The van der Waals surface area contributed by atoms with Crippen LogP contribution in [0.1, 0.15) is 0 Å². The number of aromatic nitrogens is 1. The number of halogens is 2. The van der Waals surface area contributed by atoms with Crippen LogP contribution in [0.5, 0.6) is 0 Å². The van der Waals surface area contributed by atoms with Gasteiger partial charge in [0.15, 0.2) is 5.82 Å². The summed E-state index contributed by atoms with van der Waals surface area (Å²) in [4.78, 5) is 6.18. The van der Waals surface area contributed by atoms with Gasteiger partial charge < -0.3 is 4.90 Å². The van der Waals surface area contributed by atoms with Crippen LogP contribution in [-0.2, 0) is 0 Å². The van der Waals surface area contributed by atoms with Crippen molar-refractivity contribution in [2.24, 2.45) is 0 Å². The molecule has 0 atom stereocenters. The number of hydrogen-bond donors (Lipinski definition) is 0. The topological polar surface area (TPSA) is 16.1 Å². The molecule has 2 heterocycles.